The quantitative estimate of drug-likeness (QED) is 0.198. The minimum absolute atomic E-state index is 1.06. The maximum atomic E-state index is 4.78. The van der Waals surface area contributed by atoms with Crippen LogP contribution >= 0.6 is 22.7 Å². The van der Waals surface area contributed by atoms with E-state index < -0.39 is 0 Å². The van der Waals surface area contributed by atoms with Crippen molar-refractivity contribution >= 4 is 84.7 Å². The maximum Gasteiger partial charge on any atom is 0.0786 e. The monoisotopic (exact) mass is 543 g/mol. The molecule has 0 fully saturated rings. The first-order valence-electron chi connectivity index (χ1n) is 13.4. The molecule has 0 saturated carbocycles. The fourth-order valence-corrected chi connectivity index (χ4v) is 8.34. The van der Waals surface area contributed by atoms with Crippen LogP contribution in [0.1, 0.15) is 0 Å². The van der Waals surface area contributed by atoms with E-state index in [1.165, 1.54) is 78.8 Å². The Morgan fingerprint density at radius 1 is 0.425 bits per heavy atom. The van der Waals surface area contributed by atoms with Crippen LogP contribution in [-0.4, -0.2) is 4.98 Å². The Hall–Kier alpha value is -4.57. The van der Waals surface area contributed by atoms with Gasteiger partial charge in [-0.2, -0.15) is 0 Å². The number of hydrogen-bond acceptors (Lipinski definition) is 3. The van der Waals surface area contributed by atoms with Gasteiger partial charge >= 0.3 is 0 Å². The van der Waals surface area contributed by atoms with E-state index in [9.17, 15) is 0 Å². The molecular formula is C37H21NS2. The summed E-state index contributed by atoms with van der Waals surface area (Å²) in [7, 11) is 0. The van der Waals surface area contributed by atoms with Crippen molar-refractivity contribution in [2.45, 2.75) is 0 Å². The molecule has 3 aromatic heterocycles. The standard InChI is InChI=1S/C37H21NS2/c1-2-9-32-28(7-1)29-19-24(12-15-33(29)39-32)25-13-16-34-30(20-25)31-21-26(14-17-35(31)40-34)27-8-3-5-22-10-11-23-6-4-18-38-37(23)36(22)27/h1-21H. The van der Waals surface area contributed by atoms with E-state index in [4.69, 9.17) is 4.98 Å². The molecule has 0 unspecified atom stereocenters. The molecule has 9 aromatic rings. The SMILES string of the molecule is c1cnc2c(c1)ccc1cccc(-c3ccc4sc5ccc(-c6ccc7sc8ccccc8c7c6)cc5c4c3)c12. The summed E-state index contributed by atoms with van der Waals surface area (Å²) >= 11 is 3.74. The first-order chi connectivity index (χ1) is 19.8. The van der Waals surface area contributed by atoms with Crippen LogP contribution in [0, 0.1) is 0 Å². The lowest BCUT2D eigenvalue weighted by Crippen LogP contribution is -1.86. The van der Waals surface area contributed by atoms with Crippen LogP contribution in [0.5, 0.6) is 0 Å². The van der Waals surface area contributed by atoms with Gasteiger partial charge in [-0.25, -0.2) is 0 Å². The second kappa shape index (κ2) is 8.46. The second-order valence-corrected chi connectivity index (χ2v) is 12.5. The van der Waals surface area contributed by atoms with Crippen LogP contribution in [0.25, 0.3) is 84.3 Å². The average molecular weight is 544 g/mol. The van der Waals surface area contributed by atoms with Gasteiger partial charge in [0.2, 0.25) is 0 Å². The first-order valence-corrected chi connectivity index (χ1v) is 15.1. The number of hydrogen-bond donors (Lipinski definition) is 0. The lowest BCUT2D eigenvalue weighted by atomic mass is 9.95. The summed E-state index contributed by atoms with van der Waals surface area (Å²) in [6.45, 7) is 0. The van der Waals surface area contributed by atoms with Gasteiger partial charge in [0.15, 0.2) is 0 Å². The topological polar surface area (TPSA) is 12.9 Å². The number of nitrogens with zero attached hydrogens (tertiary/aromatic N) is 1. The summed E-state index contributed by atoms with van der Waals surface area (Å²) in [4.78, 5) is 4.78. The number of fused-ring (bicyclic) bond motifs is 9. The molecule has 0 bridgehead atoms. The van der Waals surface area contributed by atoms with E-state index in [0.29, 0.717) is 0 Å². The lowest BCUT2D eigenvalue weighted by Gasteiger charge is -2.10. The fourth-order valence-electron chi connectivity index (χ4n) is 6.18. The molecule has 0 spiro atoms. The highest BCUT2D eigenvalue weighted by atomic mass is 32.1. The van der Waals surface area contributed by atoms with Crippen molar-refractivity contribution in [3.8, 4) is 22.3 Å². The summed E-state index contributed by atoms with van der Waals surface area (Å²) in [5.41, 5.74) is 6.04. The predicted octanol–water partition coefficient (Wildman–Crippen LogP) is 11.5. The van der Waals surface area contributed by atoms with Crippen LogP contribution in [0.3, 0.4) is 0 Å². The van der Waals surface area contributed by atoms with Crippen LogP contribution in [0.2, 0.25) is 0 Å². The van der Waals surface area contributed by atoms with Gasteiger partial charge < -0.3 is 0 Å². The Bertz CT molecular complexity index is 2440. The largest absolute Gasteiger partial charge is 0.256 e. The molecule has 0 aliphatic heterocycles. The molecule has 0 saturated heterocycles. The normalized spacial score (nSPS) is 12.0. The molecule has 0 N–H and O–H groups in total. The Balaban J connectivity index is 1.25. The van der Waals surface area contributed by atoms with Crippen molar-refractivity contribution < 1.29 is 0 Å². The highest BCUT2D eigenvalue weighted by molar-refractivity contribution is 7.26. The predicted molar refractivity (Wildman–Crippen MR) is 176 cm³/mol. The molecule has 0 aliphatic carbocycles. The zero-order chi connectivity index (χ0) is 26.2. The highest BCUT2D eigenvalue weighted by Gasteiger charge is 2.13. The molecule has 0 atom stereocenters. The smallest absolute Gasteiger partial charge is 0.0786 e. The van der Waals surface area contributed by atoms with Gasteiger partial charge in [0.1, 0.15) is 0 Å². The van der Waals surface area contributed by atoms with Crippen LogP contribution < -0.4 is 0 Å². The molecular weight excluding hydrogens is 523 g/mol. The van der Waals surface area contributed by atoms with E-state index in [1.54, 1.807) is 0 Å². The molecule has 6 aromatic carbocycles. The molecule has 9 rings (SSSR count). The second-order valence-electron chi connectivity index (χ2n) is 10.4. The van der Waals surface area contributed by atoms with E-state index in [2.05, 4.69) is 115 Å². The average Bonchev–Trinajstić information content (AvgIpc) is 3.57. The summed E-state index contributed by atoms with van der Waals surface area (Å²) in [5.74, 6) is 0. The van der Waals surface area contributed by atoms with Gasteiger partial charge in [-0.05, 0) is 76.2 Å². The Morgan fingerprint density at radius 3 is 1.80 bits per heavy atom. The number of rotatable bonds is 2. The van der Waals surface area contributed by atoms with E-state index in [-0.39, 0.29) is 0 Å². The van der Waals surface area contributed by atoms with Crippen molar-refractivity contribution in [3.05, 3.63) is 128 Å². The zero-order valence-corrected chi connectivity index (χ0v) is 23.0. The number of aromatic nitrogens is 1. The van der Waals surface area contributed by atoms with E-state index >= 15 is 0 Å². The van der Waals surface area contributed by atoms with Crippen molar-refractivity contribution in [1.82, 2.24) is 4.98 Å². The zero-order valence-electron chi connectivity index (χ0n) is 21.4. The van der Waals surface area contributed by atoms with E-state index in [0.717, 1.165) is 5.52 Å². The lowest BCUT2D eigenvalue weighted by molar-refractivity contribution is 1.43. The Morgan fingerprint density at radius 2 is 1.02 bits per heavy atom. The molecule has 0 radical (unpaired) electrons. The first kappa shape index (κ1) is 22.3. The summed E-state index contributed by atoms with van der Waals surface area (Å²) in [6, 6.07) is 44.6. The van der Waals surface area contributed by atoms with Crippen LogP contribution in [-0.2, 0) is 0 Å². The maximum absolute atomic E-state index is 4.78. The molecule has 0 amide bonds. The van der Waals surface area contributed by atoms with Crippen molar-refractivity contribution in [2.24, 2.45) is 0 Å². The van der Waals surface area contributed by atoms with Crippen LogP contribution in [0.4, 0.5) is 0 Å². The molecule has 186 valence electrons. The van der Waals surface area contributed by atoms with Gasteiger partial charge in [-0.3, -0.25) is 4.98 Å². The summed E-state index contributed by atoms with van der Waals surface area (Å²) in [5, 5.41) is 8.92. The minimum atomic E-state index is 1.06. The number of benzene rings is 6. The van der Waals surface area contributed by atoms with Gasteiger partial charge in [0.05, 0.1) is 5.52 Å². The van der Waals surface area contributed by atoms with Gasteiger partial charge in [0.25, 0.3) is 0 Å². The Labute approximate surface area is 238 Å². The third-order valence-corrected chi connectivity index (χ3v) is 10.4. The number of thiophene rings is 2. The summed E-state index contributed by atoms with van der Waals surface area (Å²) in [6.07, 6.45) is 1.89. The number of pyridine rings is 1. The van der Waals surface area contributed by atoms with Gasteiger partial charge in [0, 0.05) is 57.3 Å². The fraction of sp³-hybridized carbons (Fsp3) is 0. The van der Waals surface area contributed by atoms with E-state index in [1.807, 2.05) is 34.9 Å². The highest BCUT2D eigenvalue weighted by Crippen LogP contribution is 2.42. The van der Waals surface area contributed by atoms with Gasteiger partial charge in [-0.15, -0.1) is 22.7 Å². The minimum Gasteiger partial charge on any atom is -0.256 e. The van der Waals surface area contributed by atoms with Gasteiger partial charge in [-0.1, -0.05) is 72.8 Å². The molecule has 1 nitrogen and oxygen atoms in total. The third kappa shape index (κ3) is 3.29. The molecule has 3 heteroatoms. The van der Waals surface area contributed by atoms with Crippen molar-refractivity contribution in [2.75, 3.05) is 0 Å². The van der Waals surface area contributed by atoms with Crippen LogP contribution in [0.15, 0.2) is 128 Å². The third-order valence-electron chi connectivity index (χ3n) is 8.11. The molecule has 3 heterocycles. The molecule has 0 aliphatic rings. The molecule has 40 heavy (non-hydrogen) atoms. The van der Waals surface area contributed by atoms with Crippen molar-refractivity contribution in [1.29, 1.82) is 0 Å². The Kier molecular flexibility index (Phi) is 4.71. The summed E-state index contributed by atoms with van der Waals surface area (Å²) < 4.78 is 5.33. The van der Waals surface area contributed by atoms with Crippen molar-refractivity contribution in [3.63, 3.8) is 0 Å².